The summed E-state index contributed by atoms with van der Waals surface area (Å²) in [6.07, 6.45) is 5.90. The molecule has 0 saturated heterocycles. The fourth-order valence-electron chi connectivity index (χ4n) is 1.16. The molecule has 1 aliphatic rings. The van der Waals surface area contributed by atoms with Gasteiger partial charge in [-0.05, 0) is 31.6 Å². The minimum atomic E-state index is 0.387. The zero-order valence-corrected chi connectivity index (χ0v) is 7.66. The van der Waals surface area contributed by atoms with E-state index in [1.165, 1.54) is 12.8 Å². The predicted molar refractivity (Wildman–Crippen MR) is 45.1 cm³/mol. The maximum atomic E-state index is 6.02. The van der Waals surface area contributed by atoms with Crippen molar-refractivity contribution < 1.29 is 0 Å². The molecule has 1 aliphatic carbocycles. The summed E-state index contributed by atoms with van der Waals surface area (Å²) < 4.78 is 0. The smallest absolute Gasteiger partial charge is 0.0375 e. The molecule has 9 heavy (non-hydrogen) atoms. The lowest BCUT2D eigenvalue weighted by Crippen LogP contribution is -2.20. The SMILES string of the molecule is ClC1C[CH]CCC1CBr. The molecule has 2 atom stereocenters. The Labute approximate surface area is 70.1 Å². The molecule has 1 radical (unpaired) electrons. The van der Waals surface area contributed by atoms with Gasteiger partial charge in [0, 0.05) is 10.7 Å². The third kappa shape index (κ3) is 2.12. The van der Waals surface area contributed by atoms with Crippen molar-refractivity contribution in [2.24, 2.45) is 5.92 Å². The molecule has 53 valence electrons. The van der Waals surface area contributed by atoms with Crippen molar-refractivity contribution in [3.63, 3.8) is 0 Å². The first-order chi connectivity index (χ1) is 4.34. The number of alkyl halides is 2. The van der Waals surface area contributed by atoms with Crippen molar-refractivity contribution in [1.29, 1.82) is 0 Å². The van der Waals surface area contributed by atoms with Crippen LogP contribution >= 0.6 is 27.5 Å². The van der Waals surface area contributed by atoms with Gasteiger partial charge in [0.05, 0.1) is 0 Å². The molecule has 1 fully saturated rings. The van der Waals surface area contributed by atoms with E-state index in [9.17, 15) is 0 Å². The number of hydrogen-bond donors (Lipinski definition) is 0. The molecule has 0 N–H and O–H groups in total. The van der Waals surface area contributed by atoms with Crippen LogP contribution in [-0.2, 0) is 0 Å². The van der Waals surface area contributed by atoms with Crippen molar-refractivity contribution in [2.75, 3.05) is 5.33 Å². The maximum Gasteiger partial charge on any atom is 0.0375 e. The van der Waals surface area contributed by atoms with Crippen LogP contribution < -0.4 is 0 Å². The Hall–Kier alpha value is 0.770. The van der Waals surface area contributed by atoms with Gasteiger partial charge in [0.2, 0.25) is 0 Å². The fraction of sp³-hybridized carbons (Fsp3) is 0.857. The summed E-state index contributed by atoms with van der Waals surface area (Å²) >= 11 is 9.47. The lowest BCUT2D eigenvalue weighted by Gasteiger charge is -2.24. The van der Waals surface area contributed by atoms with Crippen LogP contribution in [0.25, 0.3) is 0 Å². The van der Waals surface area contributed by atoms with E-state index in [1.54, 1.807) is 0 Å². The molecule has 2 heteroatoms. The molecule has 2 unspecified atom stereocenters. The van der Waals surface area contributed by atoms with Crippen LogP contribution in [0, 0.1) is 12.3 Å². The highest BCUT2D eigenvalue weighted by Crippen LogP contribution is 2.28. The second-order valence-corrected chi connectivity index (χ2v) is 3.74. The Morgan fingerprint density at radius 2 is 2.44 bits per heavy atom. The van der Waals surface area contributed by atoms with Crippen LogP contribution in [0.15, 0.2) is 0 Å². The maximum absolute atomic E-state index is 6.02. The first kappa shape index (κ1) is 7.87. The van der Waals surface area contributed by atoms with Crippen LogP contribution in [-0.4, -0.2) is 10.7 Å². The molecule has 0 amide bonds. The largest absolute Gasteiger partial charge is 0.123 e. The van der Waals surface area contributed by atoms with E-state index < -0.39 is 0 Å². The standard InChI is InChI=1S/C7H11BrCl/c8-5-6-3-1-2-4-7(6)9/h2,6-7H,1,3-5H2. The summed E-state index contributed by atoms with van der Waals surface area (Å²) in [7, 11) is 0. The molecule has 1 saturated carbocycles. The van der Waals surface area contributed by atoms with Crippen molar-refractivity contribution in [3.8, 4) is 0 Å². The van der Waals surface area contributed by atoms with E-state index in [0.717, 1.165) is 11.8 Å². The molecule has 0 aromatic carbocycles. The third-order valence-corrected chi connectivity index (χ3v) is 3.21. The molecule has 0 spiro atoms. The van der Waals surface area contributed by atoms with E-state index in [1.807, 2.05) is 0 Å². The molecule has 1 rings (SSSR count). The van der Waals surface area contributed by atoms with Crippen molar-refractivity contribution in [3.05, 3.63) is 6.42 Å². The van der Waals surface area contributed by atoms with Gasteiger partial charge in [-0.1, -0.05) is 15.9 Å². The van der Waals surface area contributed by atoms with Gasteiger partial charge in [0.25, 0.3) is 0 Å². The van der Waals surface area contributed by atoms with Gasteiger partial charge in [-0.15, -0.1) is 11.6 Å². The topological polar surface area (TPSA) is 0 Å². The Morgan fingerprint density at radius 3 is 2.89 bits per heavy atom. The monoisotopic (exact) mass is 209 g/mol. The molecular weight excluding hydrogens is 199 g/mol. The molecule has 0 heterocycles. The van der Waals surface area contributed by atoms with Gasteiger partial charge in [-0.25, -0.2) is 0 Å². The number of hydrogen-bond acceptors (Lipinski definition) is 0. The van der Waals surface area contributed by atoms with Gasteiger partial charge in [0.1, 0.15) is 0 Å². The molecule has 0 bridgehead atoms. The van der Waals surface area contributed by atoms with Gasteiger partial charge >= 0.3 is 0 Å². The van der Waals surface area contributed by atoms with Gasteiger partial charge in [-0.2, -0.15) is 0 Å². The molecule has 0 aliphatic heterocycles. The minimum absolute atomic E-state index is 0.387. The van der Waals surface area contributed by atoms with E-state index >= 15 is 0 Å². The Balaban J connectivity index is 2.30. The van der Waals surface area contributed by atoms with Gasteiger partial charge < -0.3 is 0 Å². The summed E-state index contributed by atoms with van der Waals surface area (Å²) in [5.41, 5.74) is 0. The number of rotatable bonds is 1. The summed E-state index contributed by atoms with van der Waals surface area (Å²) in [5.74, 6) is 0.705. The minimum Gasteiger partial charge on any atom is -0.123 e. The fourth-order valence-corrected chi connectivity index (χ4v) is 2.49. The molecule has 0 aromatic rings. The van der Waals surface area contributed by atoms with Crippen molar-refractivity contribution in [2.45, 2.75) is 24.6 Å². The Bertz CT molecular complexity index is 85.0. The van der Waals surface area contributed by atoms with Crippen LogP contribution in [0.2, 0.25) is 0 Å². The number of halogens is 2. The third-order valence-electron chi connectivity index (χ3n) is 1.84. The summed E-state index contributed by atoms with van der Waals surface area (Å²) in [6.45, 7) is 0. The lowest BCUT2D eigenvalue weighted by atomic mass is 9.90. The predicted octanol–water partition coefficient (Wildman–Crippen LogP) is 2.99. The quantitative estimate of drug-likeness (QED) is 0.584. The molecule has 0 aromatic heterocycles. The lowest BCUT2D eigenvalue weighted by molar-refractivity contribution is 0.457. The first-order valence-electron chi connectivity index (χ1n) is 3.36. The van der Waals surface area contributed by atoms with E-state index in [2.05, 4.69) is 22.4 Å². The highest BCUT2D eigenvalue weighted by molar-refractivity contribution is 9.09. The van der Waals surface area contributed by atoms with Gasteiger partial charge in [-0.3, -0.25) is 0 Å². The Kier molecular flexibility index (Phi) is 3.34. The summed E-state index contributed by atoms with van der Waals surface area (Å²) in [5, 5.41) is 1.45. The second kappa shape index (κ2) is 3.82. The van der Waals surface area contributed by atoms with E-state index in [0.29, 0.717) is 11.3 Å². The highest BCUT2D eigenvalue weighted by Gasteiger charge is 2.21. The average Bonchev–Trinajstić information content (AvgIpc) is 1.89. The highest BCUT2D eigenvalue weighted by atomic mass is 79.9. The average molecular weight is 211 g/mol. The zero-order valence-electron chi connectivity index (χ0n) is 5.32. The van der Waals surface area contributed by atoms with Crippen LogP contribution in [0.5, 0.6) is 0 Å². The summed E-state index contributed by atoms with van der Waals surface area (Å²) in [4.78, 5) is 0. The first-order valence-corrected chi connectivity index (χ1v) is 4.92. The Morgan fingerprint density at radius 1 is 1.67 bits per heavy atom. The van der Waals surface area contributed by atoms with Crippen molar-refractivity contribution in [1.82, 2.24) is 0 Å². The van der Waals surface area contributed by atoms with Gasteiger partial charge in [0.15, 0.2) is 0 Å². The van der Waals surface area contributed by atoms with Crippen LogP contribution in [0.1, 0.15) is 19.3 Å². The van der Waals surface area contributed by atoms with E-state index in [4.69, 9.17) is 11.6 Å². The van der Waals surface area contributed by atoms with E-state index in [-0.39, 0.29) is 0 Å². The van der Waals surface area contributed by atoms with Crippen LogP contribution in [0.3, 0.4) is 0 Å². The molecular formula is C7H11BrCl. The zero-order chi connectivity index (χ0) is 6.69. The second-order valence-electron chi connectivity index (χ2n) is 2.53. The summed E-state index contributed by atoms with van der Waals surface area (Å²) in [6, 6.07) is 0. The normalized spacial score (nSPS) is 36.7. The van der Waals surface area contributed by atoms with Crippen LogP contribution in [0.4, 0.5) is 0 Å². The molecule has 0 nitrogen and oxygen atoms in total. The van der Waals surface area contributed by atoms with Crippen molar-refractivity contribution >= 4 is 27.5 Å².